The van der Waals surface area contributed by atoms with Gasteiger partial charge in [0, 0.05) is 19.3 Å². The predicted octanol–water partition coefficient (Wildman–Crippen LogP) is 23.7. The zero-order valence-corrected chi connectivity index (χ0v) is 53.7. The first-order chi connectivity index (χ1) is 41.0. The largest absolute Gasteiger partial charge is 0.462 e. The molecule has 0 aromatic carbocycles. The van der Waals surface area contributed by atoms with E-state index in [9.17, 15) is 14.4 Å². The Morgan fingerprint density at radius 1 is 0.253 bits per heavy atom. The van der Waals surface area contributed by atoms with Crippen LogP contribution in [0.4, 0.5) is 0 Å². The number of rotatable bonds is 60. The third-order valence-corrected chi connectivity index (χ3v) is 14.0. The van der Waals surface area contributed by atoms with Crippen molar-refractivity contribution in [2.45, 2.75) is 297 Å². The van der Waals surface area contributed by atoms with E-state index in [1.807, 2.05) is 0 Å². The Hall–Kier alpha value is -4.97. The Balaban J connectivity index is 4.42. The van der Waals surface area contributed by atoms with Crippen LogP contribution < -0.4 is 0 Å². The summed E-state index contributed by atoms with van der Waals surface area (Å²) >= 11 is 0. The maximum absolute atomic E-state index is 12.9. The SMILES string of the molecule is CC/C=C\C/C=C\C/C=C\C/C=C\C/C=C\C/C=C\C/C=C\C/C=C\CCCCCCC(=O)OCC(COC(=O)CCCCCCC/C=C\C/C=C\CCC)OC(=O)CCCCCCCCCC/C=C\C/C=C\C/C=C\CCCCCCC. The van der Waals surface area contributed by atoms with E-state index < -0.39 is 6.10 Å². The molecular weight excluding hydrogens is 1020 g/mol. The predicted molar refractivity (Wildman–Crippen MR) is 362 cm³/mol. The number of esters is 3. The molecule has 0 aromatic rings. The quantitative estimate of drug-likeness (QED) is 0.0261. The van der Waals surface area contributed by atoms with Crippen LogP contribution in [-0.2, 0) is 28.6 Å². The second-order valence-corrected chi connectivity index (χ2v) is 22.0. The van der Waals surface area contributed by atoms with Crippen LogP contribution in [0.1, 0.15) is 290 Å². The number of unbranched alkanes of at least 4 members (excludes halogenated alkanes) is 23. The highest BCUT2D eigenvalue weighted by molar-refractivity contribution is 5.71. The smallest absolute Gasteiger partial charge is 0.306 e. The molecule has 1 unspecified atom stereocenters. The molecule has 0 heterocycles. The summed E-state index contributed by atoms with van der Waals surface area (Å²) in [5.41, 5.74) is 0. The molecule has 0 saturated carbocycles. The highest BCUT2D eigenvalue weighted by atomic mass is 16.6. The summed E-state index contributed by atoms with van der Waals surface area (Å²) in [5, 5.41) is 0. The number of allylic oxidation sites excluding steroid dienone is 26. The molecule has 6 nitrogen and oxygen atoms in total. The molecule has 468 valence electrons. The highest BCUT2D eigenvalue weighted by Gasteiger charge is 2.19. The van der Waals surface area contributed by atoms with Crippen LogP contribution in [-0.4, -0.2) is 37.2 Å². The summed E-state index contributed by atoms with van der Waals surface area (Å²) in [6.45, 7) is 6.41. The van der Waals surface area contributed by atoms with Gasteiger partial charge >= 0.3 is 17.9 Å². The van der Waals surface area contributed by atoms with E-state index in [0.29, 0.717) is 19.3 Å². The minimum absolute atomic E-state index is 0.103. The number of carbonyl (C=O) groups is 3. The molecule has 0 saturated heterocycles. The van der Waals surface area contributed by atoms with Crippen LogP contribution in [0.15, 0.2) is 158 Å². The third-order valence-electron chi connectivity index (χ3n) is 14.0. The summed E-state index contributed by atoms with van der Waals surface area (Å²) in [6.07, 6.45) is 101. The van der Waals surface area contributed by atoms with E-state index in [1.165, 1.54) is 77.0 Å². The van der Waals surface area contributed by atoms with Crippen molar-refractivity contribution in [3.8, 4) is 0 Å². The van der Waals surface area contributed by atoms with Crippen LogP contribution >= 0.6 is 0 Å². The zero-order chi connectivity index (χ0) is 59.9. The minimum Gasteiger partial charge on any atom is -0.462 e. The summed E-state index contributed by atoms with van der Waals surface area (Å²) in [7, 11) is 0. The average Bonchev–Trinajstić information content (AvgIpc) is 3.49. The van der Waals surface area contributed by atoms with E-state index in [1.54, 1.807) is 0 Å². The first-order valence-electron chi connectivity index (χ1n) is 34.0. The maximum atomic E-state index is 12.9. The van der Waals surface area contributed by atoms with Gasteiger partial charge < -0.3 is 14.2 Å². The van der Waals surface area contributed by atoms with Gasteiger partial charge in [-0.3, -0.25) is 14.4 Å². The van der Waals surface area contributed by atoms with Gasteiger partial charge in [0.2, 0.25) is 0 Å². The molecule has 0 amide bonds. The standard InChI is InChI=1S/C77H124O6/c1-4-7-10-13-16-19-22-25-27-29-31-33-35-36-37-38-39-40-42-43-45-47-49-52-55-58-61-64-67-70-76(79)82-73-74(72-81-75(78)69-66-63-60-57-54-51-24-21-18-15-12-9-6-3)83-77(80)71-68-65-62-59-56-53-50-48-46-44-41-34-32-30-28-26-23-20-17-14-11-8-5-2/h7,10,12,15-16,19,21,23-27,30-33,36-37,39-41,43-45,49,52,74H,4-6,8-9,11,13-14,17-18,20,22,28-29,34-35,38,42,46-48,50-51,53-73H2,1-3H3/b10-7-,15-12-,19-16-,24-21-,26-23-,27-25-,32-30-,33-31-,37-36-,40-39-,44-41-,45-43-,52-49-. The molecule has 0 fully saturated rings. The molecule has 0 rings (SSSR count). The van der Waals surface area contributed by atoms with Crippen LogP contribution in [0.25, 0.3) is 0 Å². The Kier molecular flexibility index (Phi) is 65.4. The van der Waals surface area contributed by atoms with Crippen LogP contribution in [0.3, 0.4) is 0 Å². The van der Waals surface area contributed by atoms with Crippen molar-refractivity contribution in [1.29, 1.82) is 0 Å². The lowest BCUT2D eigenvalue weighted by Gasteiger charge is -2.18. The fourth-order valence-corrected chi connectivity index (χ4v) is 8.91. The van der Waals surface area contributed by atoms with Crippen molar-refractivity contribution in [1.82, 2.24) is 0 Å². The third kappa shape index (κ3) is 67.7. The van der Waals surface area contributed by atoms with Gasteiger partial charge in [0.15, 0.2) is 6.10 Å². The molecule has 0 bridgehead atoms. The fraction of sp³-hybridized carbons (Fsp3) is 0.623. The molecular formula is C77H124O6. The van der Waals surface area contributed by atoms with Gasteiger partial charge in [-0.15, -0.1) is 0 Å². The number of ether oxygens (including phenoxy) is 3. The maximum Gasteiger partial charge on any atom is 0.306 e. The van der Waals surface area contributed by atoms with Crippen molar-refractivity contribution in [3.05, 3.63) is 158 Å². The van der Waals surface area contributed by atoms with Crippen LogP contribution in [0, 0.1) is 0 Å². The molecule has 0 radical (unpaired) electrons. The normalized spacial score (nSPS) is 13.1. The fourth-order valence-electron chi connectivity index (χ4n) is 8.91. The summed E-state index contributed by atoms with van der Waals surface area (Å²) in [5.74, 6) is -0.949. The zero-order valence-electron chi connectivity index (χ0n) is 53.7. The molecule has 0 aliphatic carbocycles. The molecule has 0 spiro atoms. The number of hydrogen-bond donors (Lipinski definition) is 0. The second kappa shape index (κ2) is 69.5. The Morgan fingerprint density at radius 3 is 0.783 bits per heavy atom. The monoisotopic (exact) mass is 1140 g/mol. The lowest BCUT2D eigenvalue weighted by atomic mass is 10.1. The van der Waals surface area contributed by atoms with Crippen molar-refractivity contribution in [2.75, 3.05) is 13.2 Å². The lowest BCUT2D eigenvalue weighted by Crippen LogP contribution is -2.30. The van der Waals surface area contributed by atoms with E-state index in [0.717, 1.165) is 173 Å². The number of hydrogen-bond acceptors (Lipinski definition) is 6. The Labute approximate surface area is 511 Å². The molecule has 83 heavy (non-hydrogen) atoms. The number of carbonyl (C=O) groups excluding carboxylic acids is 3. The van der Waals surface area contributed by atoms with Gasteiger partial charge in [-0.25, -0.2) is 0 Å². The minimum atomic E-state index is -0.808. The van der Waals surface area contributed by atoms with E-state index in [-0.39, 0.29) is 31.1 Å². The Bertz CT molecular complexity index is 1840. The van der Waals surface area contributed by atoms with Crippen molar-refractivity contribution in [3.63, 3.8) is 0 Å². The van der Waals surface area contributed by atoms with Crippen molar-refractivity contribution < 1.29 is 28.6 Å². The second-order valence-electron chi connectivity index (χ2n) is 22.0. The first kappa shape index (κ1) is 78.0. The van der Waals surface area contributed by atoms with Gasteiger partial charge in [-0.2, -0.15) is 0 Å². The highest BCUT2D eigenvalue weighted by Crippen LogP contribution is 2.15. The molecule has 0 aromatic heterocycles. The van der Waals surface area contributed by atoms with Gasteiger partial charge in [-0.1, -0.05) is 281 Å². The van der Waals surface area contributed by atoms with Gasteiger partial charge in [-0.05, 0) is 148 Å². The average molecular weight is 1150 g/mol. The van der Waals surface area contributed by atoms with Crippen LogP contribution in [0.5, 0.6) is 0 Å². The molecule has 1 atom stereocenters. The molecule has 0 aliphatic rings. The first-order valence-corrected chi connectivity index (χ1v) is 34.0. The topological polar surface area (TPSA) is 78.9 Å². The lowest BCUT2D eigenvalue weighted by molar-refractivity contribution is -0.167. The molecule has 0 aliphatic heterocycles. The summed E-state index contributed by atoms with van der Waals surface area (Å²) in [6, 6.07) is 0. The summed E-state index contributed by atoms with van der Waals surface area (Å²) < 4.78 is 16.9. The van der Waals surface area contributed by atoms with Gasteiger partial charge in [0.05, 0.1) is 0 Å². The van der Waals surface area contributed by atoms with E-state index in [2.05, 4.69) is 179 Å². The van der Waals surface area contributed by atoms with E-state index in [4.69, 9.17) is 14.2 Å². The van der Waals surface area contributed by atoms with Crippen LogP contribution in [0.2, 0.25) is 0 Å². The summed E-state index contributed by atoms with van der Waals surface area (Å²) in [4.78, 5) is 38.4. The van der Waals surface area contributed by atoms with E-state index >= 15 is 0 Å². The molecule has 0 N–H and O–H groups in total. The van der Waals surface area contributed by atoms with Gasteiger partial charge in [0.1, 0.15) is 13.2 Å². The van der Waals surface area contributed by atoms with Crippen molar-refractivity contribution in [2.24, 2.45) is 0 Å². The Morgan fingerprint density at radius 2 is 0.494 bits per heavy atom. The van der Waals surface area contributed by atoms with Gasteiger partial charge in [0.25, 0.3) is 0 Å². The molecule has 6 heteroatoms. The van der Waals surface area contributed by atoms with Crippen molar-refractivity contribution >= 4 is 17.9 Å².